The molecule has 0 saturated heterocycles. The van der Waals surface area contributed by atoms with Crippen LogP contribution < -0.4 is 19.7 Å². The third-order valence-electron chi connectivity index (χ3n) is 9.48. The average Bonchev–Trinajstić information content (AvgIpc) is 3.51. The molecule has 3 amide bonds. The van der Waals surface area contributed by atoms with Gasteiger partial charge in [-0.25, -0.2) is 4.90 Å². The zero-order valence-corrected chi connectivity index (χ0v) is 26.4. The van der Waals surface area contributed by atoms with E-state index in [-0.39, 0.29) is 22.4 Å². The smallest absolute Gasteiger partial charge is 0.266 e. The van der Waals surface area contributed by atoms with Gasteiger partial charge in [-0.1, -0.05) is 58.0 Å². The van der Waals surface area contributed by atoms with Crippen molar-refractivity contribution in [1.29, 1.82) is 0 Å². The minimum atomic E-state index is -0.460. The number of nitrogens with one attached hydrogen (secondary N) is 1. The standard InChI is InChI=1S/C39H34N2O5/c1-6-34-30-20-32-33(21-31(30)36(42)40-34)38(44)41(37(32)43)26-11-17-28(18-12-26)45-27-13-7-24(8-14-27)39(4,5)25-9-15-29(16-10-25)46-35-19-22(2)23(35)3/h6-23H,1-5H3,(H,40,42)/b34-6-. The van der Waals surface area contributed by atoms with Gasteiger partial charge in [-0.15, -0.1) is 0 Å². The van der Waals surface area contributed by atoms with E-state index < -0.39 is 11.8 Å². The van der Waals surface area contributed by atoms with Gasteiger partial charge in [0.15, 0.2) is 0 Å². The number of hydrogen-bond acceptors (Lipinski definition) is 5. The topological polar surface area (TPSA) is 84.9 Å². The van der Waals surface area contributed by atoms with Crippen LogP contribution >= 0.6 is 0 Å². The number of allylic oxidation sites excluding steroid dienone is 3. The van der Waals surface area contributed by atoms with E-state index in [2.05, 4.69) is 63.4 Å². The number of carbonyl (C=O) groups is 3. The molecule has 0 bridgehead atoms. The second-order valence-corrected chi connectivity index (χ2v) is 12.6. The summed E-state index contributed by atoms with van der Waals surface area (Å²) in [5, 5.41) is 2.77. The van der Waals surface area contributed by atoms with Crippen LogP contribution in [-0.4, -0.2) is 17.7 Å². The molecule has 4 aromatic rings. The number of hydrogen-bond donors (Lipinski definition) is 1. The van der Waals surface area contributed by atoms with Gasteiger partial charge in [0.05, 0.1) is 16.8 Å². The number of amides is 3. The molecule has 7 nitrogen and oxygen atoms in total. The highest BCUT2D eigenvalue weighted by Gasteiger charge is 2.39. The van der Waals surface area contributed by atoms with Gasteiger partial charge in [-0.05, 0) is 90.7 Å². The average molecular weight is 611 g/mol. The molecule has 2 unspecified atom stereocenters. The highest BCUT2D eigenvalue weighted by atomic mass is 16.5. The number of nitrogens with zero attached hydrogens (tertiary/aromatic N) is 1. The number of benzene rings is 4. The second-order valence-electron chi connectivity index (χ2n) is 12.6. The molecule has 3 aliphatic rings. The first-order chi connectivity index (χ1) is 22.0. The van der Waals surface area contributed by atoms with Gasteiger partial charge >= 0.3 is 0 Å². The maximum atomic E-state index is 13.3. The molecule has 0 aromatic heterocycles. The zero-order valence-electron chi connectivity index (χ0n) is 26.4. The Morgan fingerprint density at radius 2 is 1.20 bits per heavy atom. The molecule has 2 atom stereocenters. The van der Waals surface area contributed by atoms with Crippen LogP contribution in [0.1, 0.15) is 82.4 Å². The van der Waals surface area contributed by atoms with Crippen molar-refractivity contribution in [3.05, 3.63) is 136 Å². The Balaban J connectivity index is 1.03. The molecule has 0 saturated carbocycles. The highest BCUT2D eigenvalue weighted by molar-refractivity contribution is 6.35. The Morgan fingerprint density at radius 1 is 0.696 bits per heavy atom. The van der Waals surface area contributed by atoms with Crippen LogP contribution in [0.3, 0.4) is 0 Å². The fraction of sp³-hybridized carbons (Fsp3) is 0.205. The van der Waals surface area contributed by atoms with Crippen molar-refractivity contribution in [3.8, 4) is 17.2 Å². The fourth-order valence-corrected chi connectivity index (χ4v) is 6.22. The van der Waals surface area contributed by atoms with E-state index in [1.165, 1.54) is 11.6 Å². The van der Waals surface area contributed by atoms with Crippen molar-refractivity contribution in [1.82, 2.24) is 5.32 Å². The van der Waals surface area contributed by atoms with E-state index in [1.807, 2.05) is 24.3 Å². The van der Waals surface area contributed by atoms with E-state index in [0.717, 1.165) is 22.0 Å². The van der Waals surface area contributed by atoms with Crippen LogP contribution in [0.2, 0.25) is 0 Å². The van der Waals surface area contributed by atoms with E-state index in [0.29, 0.717) is 45.8 Å². The Morgan fingerprint density at radius 3 is 1.70 bits per heavy atom. The van der Waals surface area contributed by atoms with E-state index in [9.17, 15) is 14.4 Å². The molecule has 0 spiro atoms. The van der Waals surface area contributed by atoms with Crippen molar-refractivity contribution in [2.45, 2.75) is 40.0 Å². The summed E-state index contributed by atoms with van der Waals surface area (Å²) in [7, 11) is 0. The molecule has 230 valence electrons. The maximum Gasteiger partial charge on any atom is 0.266 e. The number of rotatable bonds is 7. The minimum absolute atomic E-state index is 0.222. The molecule has 1 N–H and O–H groups in total. The Kier molecular flexibility index (Phi) is 6.93. The first-order valence-electron chi connectivity index (χ1n) is 15.5. The number of imide groups is 1. The summed E-state index contributed by atoms with van der Waals surface area (Å²) in [5.41, 5.74) is 4.66. The predicted octanol–water partition coefficient (Wildman–Crippen LogP) is 8.26. The molecule has 0 radical (unpaired) electrons. The molecule has 2 aliphatic heterocycles. The van der Waals surface area contributed by atoms with Crippen LogP contribution in [0, 0.1) is 11.8 Å². The van der Waals surface area contributed by atoms with Crippen LogP contribution in [-0.2, 0) is 5.41 Å². The van der Waals surface area contributed by atoms with Crippen LogP contribution in [0.5, 0.6) is 17.2 Å². The molecular weight excluding hydrogens is 576 g/mol. The third-order valence-corrected chi connectivity index (χ3v) is 9.48. The van der Waals surface area contributed by atoms with Crippen LogP contribution in [0.25, 0.3) is 5.70 Å². The van der Waals surface area contributed by atoms with E-state index >= 15 is 0 Å². The summed E-state index contributed by atoms with van der Waals surface area (Å²) in [6.45, 7) is 10.6. The lowest BCUT2D eigenvalue weighted by Gasteiger charge is -2.30. The monoisotopic (exact) mass is 610 g/mol. The van der Waals surface area contributed by atoms with Gasteiger partial charge < -0.3 is 14.8 Å². The SMILES string of the molecule is C/C=C1\NC(=O)c2cc3c(cc21)C(=O)N(c1ccc(Oc2ccc(C(C)(C)c4ccc(OC5=CC(C)C5C)cc4)cc2)cc1)C3=O. The van der Waals surface area contributed by atoms with Crippen molar-refractivity contribution >= 4 is 29.1 Å². The predicted molar refractivity (Wildman–Crippen MR) is 177 cm³/mol. The number of ether oxygens (including phenoxy) is 2. The van der Waals surface area contributed by atoms with Crippen molar-refractivity contribution in [2.75, 3.05) is 4.90 Å². The highest BCUT2D eigenvalue weighted by Crippen LogP contribution is 2.38. The fourth-order valence-electron chi connectivity index (χ4n) is 6.22. The quantitative estimate of drug-likeness (QED) is 0.213. The summed E-state index contributed by atoms with van der Waals surface area (Å²) in [6.07, 6.45) is 3.94. The van der Waals surface area contributed by atoms with Gasteiger partial charge in [0.2, 0.25) is 0 Å². The second kappa shape index (κ2) is 10.9. The van der Waals surface area contributed by atoms with Gasteiger partial charge in [0.25, 0.3) is 17.7 Å². The summed E-state index contributed by atoms with van der Waals surface area (Å²) < 4.78 is 12.2. The molecule has 0 fully saturated rings. The van der Waals surface area contributed by atoms with Crippen LogP contribution in [0.15, 0.2) is 103 Å². The Bertz CT molecular complexity index is 1970. The van der Waals surface area contributed by atoms with E-state index in [4.69, 9.17) is 9.47 Å². The molecule has 1 aliphatic carbocycles. The zero-order chi connectivity index (χ0) is 32.3. The van der Waals surface area contributed by atoms with Crippen LogP contribution in [0.4, 0.5) is 5.69 Å². The first kappa shape index (κ1) is 29.3. The molecular formula is C39H34N2O5. The largest absolute Gasteiger partial charge is 0.462 e. The number of carbonyl (C=O) groups excluding carboxylic acids is 3. The molecule has 46 heavy (non-hydrogen) atoms. The summed E-state index contributed by atoms with van der Waals surface area (Å²) >= 11 is 0. The lowest BCUT2D eigenvalue weighted by Crippen LogP contribution is -2.29. The lowest BCUT2D eigenvalue weighted by molar-refractivity contribution is 0.0924. The van der Waals surface area contributed by atoms with Gasteiger partial charge in [-0.2, -0.15) is 0 Å². The number of fused-ring (bicyclic) bond motifs is 2. The normalized spacial score (nSPS) is 19.4. The molecule has 7 heteroatoms. The van der Waals surface area contributed by atoms with Crippen molar-refractivity contribution in [3.63, 3.8) is 0 Å². The van der Waals surface area contributed by atoms with Crippen molar-refractivity contribution in [2.24, 2.45) is 11.8 Å². The Hall–Kier alpha value is -5.43. The maximum absolute atomic E-state index is 13.3. The molecule has 2 heterocycles. The van der Waals surface area contributed by atoms with Gasteiger partial charge in [0.1, 0.15) is 23.0 Å². The molecule has 7 rings (SSSR count). The summed E-state index contributed by atoms with van der Waals surface area (Å²) in [6, 6.07) is 26.2. The summed E-state index contributed by atoms with van der Waals surface area (Å²) in [4.78, 5) is 40.1. The summed E-state index contributed by atoms with van der Waals surface area (Å²) in [5.74, 6) is 2.97. The Labute approximate surface area is 268 Å². The minimum Gasteiger partial charge on any atom is -0.462 e. The van der Waals surface area contributed by atoms with E-state index in [1.54, 1.807) is 43.3 Å². The van der Waals surface area contributed by atoms with Gasteiger partial charge in [0, 0.05) is 28.2 Å². The van der Waals surface area contributed by atoms with Gasteiger partial charge in [-0.3, -0.25) is 14.4 Å². The number of anilines is 1. The molecule has 4 aromatic carbocycles. The third kappa shape index (κ3) is 4.79. The lowest BCUT2D eigenvalue weighted by atomic mass is 9.78. The van der Waals surface area contributed by atoms with Crippen molar-refractivity contribution < 1.29 is 23.9 Å². The first-order valence-corrected chi connectivity index (χ1v) is 15.5.